The number of carbonyl (C=O) groups excluding carboxylic acids is 2. The Morgan fingerprint density at radius 3 is 2.20 bits per heavy atom. The van der Waals surface area contributed by atoms with E-state index in [9.17, 15) is 9.59 Å². The van der Waals surface area contributed by atoms with Crippen molar-refractivity contribution in [2.45, 2.75) is 84.1 Å². The summed E-state index contributed by atoms with van der Waals surface area (Å²) in [7, 11) is 0. The van der Waals surface area contributed by atoms with Gasteiger partial charge in [-0.05, 0) is 136 Å². The highest BCUT2D eigenvalue weighted by Crippen LogP contribution is 2.60. The quantitative estimate of drug-likeness (QED) is 0.412. The largest absolute Gasteiger partial charge is 0.318 e. The second kappa shape index (κ2) is 8.40. The van der Waals surface area contributed by atoms with Gasteiger partial charge in [-0.25, -0.2) is 0 Å². The van der Waals surface area contributed by atoms with Crippen LogP contribution in [-0.2, 0) is 10.2 Å². The van der Waals surface area contributed by atoms with Crippen molar-refractivity contribution < 1.29 is 9.59 Å². The Morgan fingerprint density at radius 2 is 1.63 bits per heavy atom. The molecule has 35 heavy (non-hydrogen) atoms. The van der Waals surface area contributed by atoms with Crippen LogP contribution >= 0.6 is 11.8 Å². The molecule has 2 amide bonds. The van der Waals surface area contributed by atoms with Crippen molar-refractivity contribution in [3.05, 3.63) is 57.8 Å². The third-order valence-electron chi connectivity index (χ3n) is 9.39. The maximum absolute atomic E-state index is 12.9. The van der Waals surface area contributed by atoms with Crippen LogP contribution in [0.2, 0.25) is 0 Å². The van der Waals surface area contributed by atoms with Gasteiger partial charge in [-0.2, -0.15) is 0 Å². The second-order valence-electron chi connectivity index (χ2n) is 11.7. The summed E-state index contributed by atoms with van der Waals surface area (Å²) in [6.07, 6.45) is 11.2. The summed E-state index contributed by atoms with van der Waals surface area (Å²) in [5, 5.41) is -0.162. The van der Waals surface area contributed by atoms with Gasteiger partial charge in [-0.1, -0.05) is 19.1 Å². The highest BCUT2D eigenvalue weighted by atomic mass is 32.2. The monoisotopic (exact) mass is 488 g/mol. The zero-order valence-corrected chi connectivity index (χ0v) is 22.2. The summed E-state index contributed by atoms with van der Waals surface area (Å²) < 4.78 is 2.27. The number of nitrogens with zero attached hydrogens (tertiary/aromatic N) is 2. The number of hydrogen-bond donors (Lipinski definition) is 0. The molecule has 184 valence electrons. The fourth-order valence-corrected chi connectivity index (χ4v) is 8.86. The summed E-state index contributed by atoms with van der Waals surface area (Å²) in [5.74, 6) is 2.68. The predicted molar refractivity (Wildman–Crippen MR) is 143 cm³/mol. The van der Waals surface area contributed by atoms with Crippen LogP contribution in [0.25, 0.3) is 11.8 Å². The number of rotatable bonds is 5. The number of hydrogen-bond acceptors (Lipinski definition) is 3. The smallest absolute Gasteiger partial charge is 0.293 e. The Hall–Kier alpha value is -2.27. The normalized spacial score (nSPS) is 31.7. The molecule has 0 spiro atoms. The van der Waals surface area contributed by atoms with Gasteiger partial charge in [0, 0.05) is 23.1 Å². The molecule has 1 atom stereocenters. The van der Waals surface area contributed by atoms with Crippen molar-refractivity contribution in [3.8, 4) is 5.69 Å². The van der Waals surface area contributed by atoms with E-state index in [0.717, 1.165) is 52.9 Å². The van der Waals surface area contributed by atoms with E-state index in [4.69, 9.17) is 0 Å². The first-order valence-electron chi connectivity index (χ1n) is 13.3. The lowest BCUT2D eigenvalue weighted by atomic mass is 9.48. The Labute approximate surface area is 213 Å². The van der Waals surface area contributed by atoms with Crippen molar-refractivity contribution in [3.63, 3.8) is 0 Å². The minimum atomic E-state index is -0.168. The molecule has 1 aromatic carbocycles. The predicted octanol–water partition coefficient (Wildman–Crippen LogP) is 7.40. The Kier molecular flexibility index (Phi) is 5.55. The van der Waals surface area contributed by atoms with E-state index in [1.165, 1.54) is 49.1 Å². The average molecular weight is 489 g/mol. The molecule has 1 aromatic heterocycles. The number of carbonyl (C=O) groups is 2. The average Bonchev–Trinajstić information content (AvgIpc) is 3.26. The number of aryl methyl sites for hydroxylation is 1. The van der Waals surface area contributed by atoms with Crippen LogP contribution in [0.5, 0.6) is 0 Å². The third kappa shape index (κ3) is 3.73. The summed E-state index contributed by atoms with van der Waals surface area (Å²) in [6.45, 7) is 8.14. The summed E-state index contributed by atoms with van der Waals surface area (Å²) in [4.78, 5) is 27.3. The number of thioether (sulfide) groups is 1. The number of imide groups is 1. The van der Waals surface area contributed by atoms with Crippen LogP contribution in [0.3, 0.4) is 0 Å². The van der Waals surface area contributed by atoms with Gasteiger partial charge in [-0.15, -0.1) is 0 Å². The first kappa shape index (κ1) is 23.1. The zero-order valence-electron chi connectivity index (χ0n) is 21.3. The second-order valence-corrected chi connectivity index (χ2v) is 12.7. The van der Waals surface area contributed by atoms with Crippen LogP contribution in [0.15, 0.2) is 35.2 Å². The van der Waals surface area contributed by atoms with Crippen molar-refractivity contribution in [1.82, 2.24) is 9.47 Å². The van der Waals surface area contributed by atoms with Gasteiger partial charge in [0.1, 0.15) is 0 Å². The van der Waals surface area contributed by atoms with Gasteiger partial charge in [0.25, 0.3) is 11.1 Å². The van der Waals surface area contributed by atoms with Gasteiger partial charge < -0.3 is 4.57 Å². The summed E-state index contributed by atoms with van der Waals surface area (Å²) in [6, 6.07) is 11.4. The molecule has 2 heterocycles. The highest BCUT2D eigenvalue weighted by Gasteiger charge is 2.51. The SMILES string of the molecule is CC[C@H](C)N1C(=O)S/C(=C/c2cc(C)n(-c3ccc(C45CC6CC(CC(C6)C4)C5)cc3)c2C)C1=O. The highest BCUT2D eigenvalue weighted by molar-refractivity contribution is 8.18. The zero-order chi connectivity index (χ0) is 24.5. The molecule has 5 heteroatoms. The minimum Gasteiger partial charge on any atom is -0.318 e. The van der Waals surface area contributed by atoms with Crippen LogP contribution in [-0.4, -0.2) is 26.7 Å². The van der Waals surface area contributed by atoms with Gasteiger partial charge >= 0.3 is 0 Å². The topological polar surface area (TPSA) is 42.3 Å². The lowest BCUT2D eigenvalue weighted by Gasteiger charge is -2.57. The lowest BCUT2D eigenvalue weighted by molar-refractivity contribution is -0.124. The fourth-order valence-electron chi connectivity index (χ4n) is 7.94. The van der Waals surface area contributed by atoms with E-state index in [2.05, 4.69) is 48.7 Å². The number of benzene rings is 1. The number of aromatic nitrogens is 1. The van der Waals surface area contributed by atoms with E-state index in [1.54, 1.807) is 5.56 Å². The van der Waals surface area contributed by atoms with Crippen molar-refractivity contribution >= 4 is 29.0 Å². The molecule has 5 fully saturated rings. The van der Waals surface area contributed by atoms with Crippen molar-refractivity contribution in [2.75, 3.05) is 0 Å². The van der Waals surface area contributed by atoms with Crippen molar-refractivity contribution in [2.24, 2.45) is 17.8 Å². The number of amides is 2. The maximum Gasteiger partial charge on any atom is 0.293 e. The molecule has 2 aromatic rings. The van der Waals surface area contributed by atoms with Crippen LogP contribution in [0.4, 0.5) is 4.79 Å². The molecular weight excluding hydrogens is 452 g/mol. The van der Waals surface area contributed by atoms with E-state index in [1.807, 2.05) is 19.9 Å². The molecule has 4 bridgehead atoms. The molecule has 4 saturated carbocycles. The van der Waals surface area contributed by atoms with E-state index in [-0.39, 0.29) is 17.2 Å². The maximum atomic E-state index is 12.9. The molecule has 1 aliphatic heterocycles. The van der Waals surface area contributed by atoms with Gasteiger partial charge in [0.2, 0.25) is 0 Å². The van der Waals surface area contributed by atoms with Gasteiger partial charge in [0.15, 0.2) is 0 Å². The Morgan fingerprint density at radius 1 is 1.03 bits per heavy atom. The molecule has 7 rings (SSSR count). The molecule has 0 radical (unpaired) electrons. The van der Waals surface area contributed by atoms with Gasteiger partial charge in [0.05, 0.1) is 4.91 Å². The Bertz CT molecular complexity index is 1190. The molecule has 0 unspecified atom stereocenters. The van der Waals surface area contributed by atoms with Crippen LogP contribution in [0.1, 0.15) is 81.3 Å². The van der Waals surface area contributed by atoms with E-state index in [0.29, 0.717) is 10.3 Å². The van der Waals surface area contributed by atoms with E-state index < -0.39 is 0 Å². The van der Waals surface area contributed by atoms with Crippen LogP contribution in [0, 0.1) is 31.6 Å². The molecular formula is C30H36N2O2S. The van der Waals surface area contributed by atoms with E-state index >= 15 is 0 Å². The molecule has 1 saturated heterocycles. The summed E-state index contributed by atoms with van der Waals surface area (Å²) >= 11 is 1.06. The lowest BCUT2D eigenvalue weighted by Crippen LogP contribution is -2.48. The molecule has 0 N–H and O–H groups in total. The summed E-state index contributed by atoms with van der Waals surface area (Å²) in [5.41, 5.74) is 6.36. The first-order chi connectivity index (χ1) is 16.8. The minimum absolute atomic E-state index is 0.0756. The standard InChI is InChI=1S/C30H36N2O2S/c1-5-18(2)32-28(33)27(35-29(32)34)14-24-10-19(3)31(20(24)4)26-8-6-25(7-9-26)30-15-21-11-22(16-30)13-23(12-21)17-30/h6-10,14,18,21-23H,5,11-13,15-17H2,1-4H3/b27-14+/t18-,21?,22?,23?,30?/m0/s1. The molecule has 4 aliphatic carbocycles. The van der Waals surface area contributed by atoms with Gasteiger partial charge in [-0.3, -0.25) is 14.5 Å². The van der Waals surface area contributed by atoms with Crippen molar-refractivity contribution in [1.29, 1.82) is 0 Å². The van der Waals surface area contributed by atoms with Crippen LogP contribution < -0.4 is 0 Å². The molecule has 5 aliphatic rings. The molecule has 4 nitrogen and oxygen atoms in total. The third-order valence-corrected chi connectivity index (χ3v) is 10.3. The first-order valence-corrected chi connectivity index (χ1v) is 14.2. The Balaban J connectivity index is 1.28. The fraction of sp³-hybridized carbons (Fsp3) is 0.533.